The van der Waals surface area contributed by atoms with Gasteiger partial charge < -0.3 is 9.47 Å². The van der Waals surface area contributed by atoms with Crippen LogP contribution >= 0.6 is 11.6 Å². The van der Waals surface area contributed by atoms with E-state index in [2.05, 4.69) is 10.2 Å². The third kappa shape index (κ3) is 4.06. The molecule has 2 heterocycles. The Balaban J connectivity index is 1.55. The van der Waals surface area contributed by atoms with Crippen LogP contribution in [-0.4, -0.2) is 48.5 Å². The number of benzene rings is 1. The van der Waals surface area contributed by atoms with Crippen molar-refractivity contribution in [2.24, 2.45) is 0 Å². The van der Waals surface area contributed by atoms with Crippen LogP contribution in [0.2, 0.25) is 0 Å². The maximum atomic E-state index is 12.0. The normalized spacial score (nSPS) is 20.8. The van der Waals surface area contributed by atoms with E-state index in [0.29, 0.717) is 45.1 Å². The lowest BCUT2D eigenvalue weighted by Crippen LogP contribution is -2.50. The van der Waals surface area contributed by atoms with Gasteiger partial charge in [-0.05, 0) is 29.7 Å². The number of hydrogen-bond acceptors (Lipinski definition) is 5. The second-order valence-electron chi connectivity index (χ2n) is 5.95. The van der Waals surface area contributed by atoms with Gasteiger partial charge in [-0.25, -0.2) is 0 Å². The number of fused-ring (bicyclic) bond motifs is 1. The predicted octanol–water partition coefficient (Wildman–Crippen LogP) is 1.44. The van der Waals surface area contributed by atoms with Crippen LogP contribution in [0.25, 0.3) is 0 Å². The van der Waals surface area contributed by atoms with Crippen LogP contribution in [0.3, 0.4) is 0 Å². The number of amides is 2. The summed E-state index contributed by atoms with van der Waals surface area (Å²) in [7, 11) is 0. The Labute approximate surface area is 146 Å². The van der Waals surface area contributed by atoms with Crippen LogP contribution in [0.15, 0.2) is 18.2 Å². The lowest BCUT2D eigenvalue weighted by Gasteiger charge is -2.29. The molecule has 24 heavy (non-hydrogen) atoms. The summed E-state index contributed by atoms with van der Waals surface area (Å²) >= 11 is 5.54. The average molecular weight is 353 g/mol. The van der Waals surface area contributed by atoms with Gasteiger partial charge in [0.1, 0.15) is 12.4 Å². The Morgan fingerprint density at radius 1 is 1.17 bits per heavy atom. The number of nitrogens with zero attached hydrogens (tertiary/aromatic N) is 1. The van der Waals surface area contributed by atoms with Crippen molar-refractivity contribution >= 4 is 23.4 Å². The van der Waals surface area contributed by atoms with Crippen molar-refractivity contribution in [3.8, 4) is 5.75 Å². The molecule has 1 fully saturated rings. The van der Waals surface area contributed by atoms with E-state index >= 15 is 0 Å². The smallest absolute Gasteiger partial charge is 0.243 e. The van der Waals surface area contributed by atoms with Gasteiger partial charge in [0.2, 0.25) is 11.8 Å². The summed E-state index contributed by atoms with van der Waals surface area (Å²) in [5.41, 5.74) is 2.37. The number of carbonyl (C=O) groups is 2. The Bertz CT molecular complexity index is 623. The highest BCUT2D eigenvalue weighted by Gasteiger charge is 2.34. The molecule has 1 unspecified atom stereocenters. The quantitative estimate of drug-likeness (QED) is 0.457. The largest absolute Gasteiger partial charge is 0.491 e. The summed E-state index contributed by atoms with van der Waals surface area (Å²) in [6, 6.07) is 5.76. The SMILES string of the molecule is O=C1CCC(N2Cc3ccc(OCCOCCCl)cc3C2)C(=O)N1. The molecule has 0 aliphatic carbocycles. The van der Waals surface area contributed by atoms with Crippen molar-refractivity contribution in [3.05, 3.63) is 29.3 Å². The van der Waals surface area contributed by atoms with Gasteiger partial charge >= 0.3 is 0 Å². The molecule has 1 atom stereocenters. The molecule has 1 saturated heterocycles. The molecule has 3 rings (SSSR count). The lowest BCUT2D eigenvalue weighted by molar-refractivity contribution is -0.137. The van der Waals surface area contributed by atoms with Gasteiger partial charge in [-0.1, -0.05) is 6.07 Å². The monoisotopic (exact) mass is 352 g/mol. The number of alkyl halides is 1. The van der Waals surface area contributed by atoms with E-state index in [1.165, 1.54) is 11.1 Å². The molecule has 130 valence electrons. The van der Waals surface area contributed by atoms with Crippen molar-refractivity contribution in [2.75, 3.05) is 25.7 Å². The van der Waals surface area contributed by atoms with E-state index in [1.54, 1.807) is 0 Å². The molecule has 6 nitrogen and oxygen atoms in total. The molecular formula is C17H21ClN2O4. The second-order valence-corrected chi connectivity index (χ2v) is 6.33. The second kappa shape index (κ2) is 7.96. The van der Waals surface area contributed by atoms with Crippen LogP contribution in [0, 0.1) is 0 Å². The fraction of sp³-hybridized carbons (Fsp3) is 0.529. The first kappa shape index (κ1) is 17.2. The van der Waals surface area contributed by atoms with Gasteiger partial charge in [-0.15, -0.1) is 11.6 Å². The number of hydrogen-bond donors (Lipinski definition) is 1. The molecule has 0 radical (unpaired) electrons. The molecule has 2 aliphatic rings. The van der Waals surface area contributed by atoms with E-state index in [-0.39, 0.29) is 17.9 Å². The Morgan fingerprint density at radius 3 is 2.79 bits per heavy atom. The minimum absolute atomic E-state index is 0.181. The number of nitrogens with one attached hydrogen (secondary N) is 1. The van der Waals surface area contributed by atoms with Crippen molar-refractivity contribution in [1.82, 2.24) is 10.2 Å². The zero-order valence-electron chi connectivity index (χ0n) is 13.4. The van der Waals surface area contributed by atoms with E-state index in [9.17, 15) is 9.59 Å². The standard InChI is InChI=1S/C17H21ClN2O4/c18-5-6-23-7-8-24-14-2-1-12-10-20(11-13(12)9-14)15-3-4-16(21)19-17(15)22/h1-2,9,15H,3-8,10-11H2,(H,19,21,22). The zero-order valence-corrected chi connectivity index (χ0v) is 14.2. The molecule has 0 spiro atoms. The van der Waals surface area contributed by atoms with Gasteiger partial charge in [0, 0.05) is 25.4 Å². The zero-order chi connectivity index (χ0) is 16.9. The van der Waals surface area contributed by atoms with E-state index in [4.69, 9.17) is 21.1 Å². The molecule has 1 aromatic rings. The fourth-order valence-electron chi connectivity index (χ4n) is 3.11. The maximum Gasteiger partial charge on any atom is 0.243 e. The van der Waals surface area contributed by atoms with Crippen molar-refractivity contribution < 1.29 is 19.1 Å². The number of rotatable bonds is 7. The van der Waals surface area contributed by atoms with Crippen molar-refractivity contribution in [3.63, 3.8) is 0 Å². The Hall–Kier alpha value is -1.63. The molecule has 0 saturated carbocycles. The van der Waals surface area contributed by atoms with E-state index in [0.717, 1.165) is 12.3 Å². The molecular weight excluding hydrogens is 332 g/mol. The highest BCUT2D eigenvalue weighted by atomic mass is 35.5. The highest BCUT2D eigenvalue weighted by Crippen LogP contribution is 2.29. The fourth-order valence-corrected chi connectivity index (χ4v) is 3.22. The van der Waals surface area contributed by atoms with Crippen LogP contribution < -0.4 is 10.1 Å². The number of carbonyl (C=O) groups excluding carboxylic acids is 2. The number of piperidine rings is 1. The van der Waals surface area contributed by atoms with Gasteiger partial charge in [-0.2, -0.15) is 0 Å². The molecule has 0 aromatic heterocycles. The van der Waals surface area contributed by atoms with Crippen LogP contribution in [-0.2, 0) is 27.4 Å². The predicted molar refractivity (Wildman–Crippen MR) is 88.9 cm³/mol. The first-order valence-corrected chi connectivity index (χ1v) is 8.67. The minimum atomic E-state index is -0.233. The average Bonchev–Trinajstić information content (AvgIpc) is 2.97. The van der Waals surface area contributed by atoms with Crippen LogP contribution in [0.1, 0.15) is 24.0 Å². The summed E-state index contributed by atoms with van der Waals surface area (Å²) in [6.45, 7) is 2.93. The molecule has 2 aliphatic heterocycles. The van der Waals surface area contributed by atoms with Gasteiger partial charge in [0.15, 0.2) is 0 Å². The molecule has 1 N–H and O–H groups in total. The minimum Gasteiger partial charge on any atom is -0.491 e. The summed E-state index contributed by atoms with van der Waals surface area (Å²) < 4.78 is 11.0. The summed E-state index contributed by atoms with van der Waals surface area (Å²) in [6.07, 6.45) is 0.986. The summed E-state index contributed by atoms with van der Waals surface area (Å²) in [4.78, 5) is 25.4. The molecule has 2 amide bonds. The lowest BCUT2D eigenvalue weighted by atomic mass is 10.0. The highest BCUT2D eigenvalue weighted by molar-refractivity contribution is 6.17. The number of ether oxygens (including phenoxy) is 2. The van der Waals surface area contributed by atoms with Gasteiger partial charge in [0.05, 0.1) is 19.3 Å². The van der Waals surface area contributed by atoms with Crippen molar-refractivity contribution in [2.45, 2.75) is 32.0 Å². The van der Waals surface area contributed by atoms with Crippen LogP contribution in [0.4, 0.5) is 0 Å². The Kier molecular flexibility index (Phi) is 5.71. The van der Waals surface area contributed by atoms with E-state index in [1.807, 2.05) is 18.2 Å². The molecule has 0 bridgehead atoms. The molecule has 1 aromatic carbocycles. The third-order valence-corrected chi connectivity index (χ3v) is 4.45. The maximum absolute atomic E-state index is 12.0. The summed E-state index contributed by atoms with van der Waals surface area (Å²) in [5, 5.41) is 2.42. The number of imide groups is 1. The van der Waals surface area contributed by atoms with Gasteiger partial charge in [0.25, 0.3) is 0 Å². The van der Waals surface area contributed by atoms with Crippen LogP contribution in [0.5, 0.6) is 5.75 Å². The first-order valence-electron chi connectivity index (χ1n) is 8.13. The van der Waals surface area contributed by atoms with E-state index < -0.39 is 0 Å². The molecule has 7 heteroatoms. The number of halogens is 1. The first-order chi connectivity index (χ1) is 11.7. The third-order valence-electron chi connectivity index (χ3n) is 4.29. The summed E-state index contributed by atoms with van der Waals surface area (Å²) in [5.74, 6) is 0.912. The topological polar surface area (TPSA) is 67.9 Å². The van der Waals surface area contributed by atoms with Gasteiger partial charge in [-0.3, -0.25) is 19.8 Å². The Morgan fingerprint density at radius 2 is 2.00 bits per heavy atom. The van der Waals surface area contributed by atoms with Crippen molar-refractivity contribution in [1.29, 1.82) is 0 Å².